The van der Waals surface area contributed by atoms with Crippen LogP contribution in [0, 0.1) is 17.8 Å². The lowest BCUT2D eigenvalue weighted by atomic mass is 9.88. The Hall–Kier alpha value is -1.10. The second kappa shape index (κ2) is 6.12. The van der Waals surface area contributed by atoms with E-state index in [4.69, 9.17) is 4.42 Å². The summed E-state index contributed by atoms with van der Waals surface area (Å²) in [5, 5.41) is 11.6. The van der Waals surface area contributed by atoms with Gasteiger partial charge in [-0.3, -0.25) is 0 Å². The normalized spacial score (nSPS) is 28.2. The second-order valence-electron chi connectivity index (χ2n) is 6.47. The molecule has 3 unspecified atom stereocenters. The Morgan fingerprint density at radius 3 is 2.90 bits per heavy atom. The van der Waals surface area contributed by atoms with Crippen molar-refractivity contribution in [1.29, 1.82) is 0 Å². The van der Waals surface area contributed by atoms with Gasteiger partial charge in [-0.2, -0.15) is 0 Å². The van der Waals surface area contributed by atoms with Gasteiger partial charge < -0.3 is 14.6 Å². The third-order valence-electron chi connectivity index (χ3n) is 4.88. The predicted octanol–water partition coefficient (Wildman–Crippen LogP) is 2.44. The number of hydrogen-bond donors (Lipinski definition) is 1. The van der Waals surface area contributed by atoms with Crippen LogP contribution in [0.1, 0.15) is 44.9 Å². The van der Waals surface area contributed by atoms with Crippen molar-refractivity contribution >= 4 is 6.01 Å². The molecule has 0 radical (unpaired) electrons. The fraction of sp³-hybridized carbons (Fsp3) is 0.867. The minimum atomic E-state index is 0.668. The van der Waals surface area contributed by atoms with Gasteiger partial charge in [0.2, 0.25) is 5.89 Å². The Bertz CT molecular complexity index is 433. The first-order chi connectivity index (χ1) is 9.76. The molecule has 0 saturated heterocycles. The molecule has 1 aromatic rings. The van der Waals surface area contributed by atoms with E-state index in [0.29, 0.717) is 18.5 Å². The predicted molar refractivity (Wildman–Crippen MR) is 78.5 cm³/mol. The van der Waals surface area contributed by atoms with E-state index < -0.39 is 0 Å². The highest BCUT2D eigenvalue weighted by Crippen LogP contribution is 2.48. The molecule has 0 amide bonds. The van der Waals surface area contributed by atoms with Gasteiger partial charge in [-0.05, 0) is 50.0 Å². The van der Waals surface area contributed by atoms with Gasteiger partial charge in [-0.25, -0.2) is 0 Å². The van der Waals surface area contributed by atoms with Crippen molar-refractivity contribution in [2.24, 2.45) is 17.8 Å². The number of nitrogens with zero attached hydrogens (tertiary/aromatic N) is 3. The fourth-order valence-corrected chi connectivity index (χ4v) is 3.87. The van der Waals surface area contributed by atoms with Crippen LogP contribution in [-0.4, -0.2) is 30.3 Å². The monoisotopic (exact) mass is 278 g/mol. The average molecular weight is 278 g/mol. The summed E-state index contributed by atoms with van der Waals surface area (Å²) < 4.78 is 5.72. The van der Waals surface area contributed by atoms with E-state index in [0.717, 1.165) is 37.3 Å². The molecular weight excluding hydrogens is 252 g/mol. The van der Waals surface area contributed by atoms with Crippen molar-refractivity contribution < 1.29 is 4.42 Å². The first-order valence-electron chi connectivity index (χ1n) is 8.00. The topological polar surface area (TPSA) is 54.2 Å². The summed E-state index contributed by atoms with van der Waals surface area (Å²) in [6.45, 7) is 4.86. The summed E-state index contributed by atoms with van der Waals surface area (Å²) in [6, 6.07) is 0.668. The summed E-state index contributed by atoms with van der Waals surface area (Å²) in [7, 11) is 2.07. The summed E-state index contributed by atoms with van der Waals surface area (Å²) in [6.07, 6.45) is 6.85. The molecule has 2 saturated carbocycles. The molecule has 20 heavy (non-hydrogen) atoms. The first kappa shape index (κ1) is 13.9. The number of nitrogens with one attached hydrogen (secondary N) is 1. The number of anilines is 1. The SMILES string of the molecule is CCCNCc1nnc(N(C)CC2CC3CCC2C3)o1. The van der Waals surface area contributed by atoms with E-state index in [-0.39, 0.29) is 0 Å². The fourth-order valence-electron chi connectivity index (χ4n) is 3.87. The van der Waals surface area contributed by atoms with Crippen molar-refractivity contribution in [3.05, 3.63) is 5.89 Å². The Kier molecular flexibility index (Phi) is 4.24. The molecule has 0 spiro atoms. The van der Waals surface area contributed by atoms with Crippen molar-refractivity contribution in [2.45, 2.75) is 45.6 Å². The Balaban J connectivity index is 1.50. The standard InChI is InChI=1S/C15H26N4O/c1-3-6-16-9-14-17-18-15(20-14)19(2)10-13-8-11-4-5-12(13)7-11/h11-13,16H,3-10H2,1-2H3. The zero-order chi connectivity index (χ0) is 13.9. The van der Waals surface area contributed by atoms with Crippen molar-refractivity contribution in [3.8, 4) is 0 Å². The average Bonchev–Trinajstić information content (AvgIpc) is 3.14. The third-order valence-corrected chi connectivity index (χ3v) is 4.88. The van der Waals surface area contributed by atoms with Crippen LogP contribution in [-0.2, 0) is 6.54 Å². The van der Waals surface area contributed by atoms with E-state index in [1.54, 1.807) is 0 Å². The maximum absolute atomic E-state index is 5.72. The van der Waals surface area contributed by atoms with Crippen molar-refractivity contribution in [3.63, 3.8) is 0 Å². The molecular formula is C15H26N4O. The number of fused-ring (bicyclic) bond motifs is 2. The minimum Gasteiger partial charge on any atom is -0.407 e. The van der Waals surface area contributed by atoms with Crippen LogP contribution in [0.25, 0.3) is 0 Å². The molecule has 3 rings (SSSR count). The van der Waals surface area contributed by atoms with Crippen LogP contribution in [0.2, 0.25) is 0 Å². The molecule has 112 valence electrons. The number of aromatic nitrogens is 2. The molecule has 2 aliphatic carbocycles. The van der Waals surface area contributed by atoms with Crippen LogP contribution < -0.4 is 10.2 Å². The summed E-state index contributed by atoms with van der Waals surface area (Å²) >= 11 is 0. The third kappa shape index (κ3) is 2.97. The summed E-state index contributed by atoms with van der Waals surface area (Å²) in [5.74, 6) is 3.45. The van der Waals surface area contributed by atoms with Crippen LogP contribution in [0.4, 0.5) is 6.01 Å². The zero-order valence-corrected chi connectivity index (χ0v) is 12.6. The van der Waals surface area contributed by atoms with Gasteiger partial charge in [0.1, 0.15) is 0 Å². The van der Waals surface area contributed by atoms with E-state index in [9.17, 15) is 0 Å². The highest BCUT2D eigenvalue weighted by molar-refractivity contribution is 5.22. The van der Waals surface area contributed by atoms with Gasteiger partial charge in [-0.15, -0.1) is 5.10 Å². The maximum atomic E-state index is 5.72. The summed E-state index contributed by atoms with van der Waals surface area (Å²) in [5.41, 5.74) is 0. The molecule has 1 aromatic heterocycles. The Morgan fingerprint density at radius 2 is 2.20 bits per heavy atom. The van der Waals surface area contributed by atoms with Crippen LogP contribution in [0.5, 0.6) is 0 Å². The minimum absolute atomic E-state index is 0.668. The summed E-state index contributed by atoms with van der Waals surface area (Å²) in [4.78, 5) is 2.14. The molecule has 0 aromatic carbocycles. The second-order valence-corrected chi connectivity index (χ2v) is 6.47. The van der Waals surface area contributed by atoms with Gasteiger partial charge >= 0.3 is 6.01 Å². The molecule has 1 N–H and O–H groups in total. The molecule has 3 atom stereocenters. The highest BCUT2D eigenvalue weighted by atomic mass is 16.4. The molecule has 1 heterocycles. The van der Waals surface area contributed by atoms with E-state index in [1.807, 2.05) is 0 Å². The molecule has 5 nitrogen and oxygen atoms in total. The Morgan fingerprint density at radius 1 is 1.30 bits per heavy atom. The van der Waals surface area contributed by atoms with Gasteiger partial charge in [0.05, 0.1) is 6.54 Å². The molecule has 0 aliphatic heterocycles. The number of rotatable bonds is 7. The lowest BCUT2D eigenvalue weighted by molar-refractivity contribution is 0.331. The largest absolute Gasteiger partial charge is 0.407 e. The van der Waals surface area contributed by atoms with Crippen LogP contribution in [0.15, 0.2) is 4.42 Å². The quantitative estimate of drug-likeness (QED) is 0.776. The van der Waals surface area contributed by atoms with Crippen LogP contribution >= 0.6 is 0 Å². The molecule has 5 heteroatoms. The highest BCUT2D eigenvalue weighted by Gasteiger charge is 2.40. The Labute approximate surface area is 121 Å². The lowest BCUT2D eigenvalue weighted by Gasteiger charge is -2.25. The molecule has 2 bridgehead atoms. The van der Waals surface area contributed by atoms with Crippen molar-refractivity contribution in [1.82, 2.24) is 15.5 Å². The maximum Gasteiger partial charge on any atom is 0.317 e. The van der Waals surface area contributed by atoms with Gasteiger partial charge in [-0.1, -0.05) is 18.4 Å². The zero-order valence-electron chi connectivity index (χ0n) is 12.6. The van der Waals surface area contributed by atoms with Crippen LogP contribution in [0.3, 0.4) is 0 Å². The first-order valence-corrected chi connectivity index (χ1v) is 8.00. The van der Waals surface area contributed by atoms with E-state index in [2.05, 4.69) is 34.4 Å². The van der Waals surface area contributed by atoms with Gasteiger partial charge in [0.15, 0.2) is 0 Å². The molecule has 2 fully saturated rings. The van der Waals surface area contributed by atoms with Gasteiger partial charge in [0.25, 0.3) is 0 Å². The van der Waals surface area contributed by atoms with E-state index >= 15 is 0 Å². The van der Waals surface area contributed by atoms with Gasteiger partial charge in [0, 0.05) is 13.6 Å². The molecule has 2 aliphatic rings. The smallest absolute Gasteiger partial charge is 0.317 e. The van der Waals surface area contributed by atoms with E-state index in [1.165, 1.54) is 25.7 Å². The van der Waals surface area contributed by atoms with Crippen molar-refractivity contribution in [2.75, 3.05) is 25.0 Å². The number of hydrogen-bond acceptors (Lipinski definition) is 5. The lowest BCUT2D eigenvalue weighted by Crippen LogP contribution is -2.28.